The molecule has 1 amide bonds. The number of carbonyl (C=O) groups is 2. The van der Waals surface area contributed by atoms with Crippen molar-refractivity contribution in [3.05, 3.63) is 35.5 Å². The smallest absolute Gasteiger partial charge is 0.355 e. The number of aromatic nitrogens is 1. The third-order valence-electron chi connectivity index (χ3n) is 6.91. The van der Waals surface area contributed by atoms with Crippen LogP contribution in [0.1, 0.15) is 48.0 Å². The van der Waals surface area contributed by atoms with Crippen LogP contribution in [-0.4, -0.2) is 52.0 Å². The summed E-state index contributed by atoms with van der Waals surface area (Å²) in [6.45, 7) is 16.0. The SMILES string of the molecule is CCC(O[Si](C)(C)C(C)(C)C)[C@@H]1C(=O)N(C(C(=O)OCC(Cl)(Cl)Cl)=C(C)C)[C@@H]1SSc1nc2ccccc2s1. The fourth-order valence-corrected chi connectivity index (χ4v) is 9.52. The predicted octanol–water partition coefficient (Wildman–Crippen LogP) is 8.83. The highest BCUT2D eigenvalue weighted by molar-refractivity contribution is 8.77. The lowest BCUT2D eigenvalue weighted by Gasteiger charge is -2.51. The molecule has 1 aromatic carbocycles. The van der Waals surface area contributed by atoms with Crippen molar-refractivity contribution in [2.24, 2.45) is 5.92 Å². The number of rotatable bonds is 10. The van der Waals surface area contributed by atoms with E-state index >= 15 is 0 Å². The fraction of sp³-hybridized carbons (Fsp3) is 0.577. The van der Waals surface area contributed by atoms with E-state index < -0.39 is 30.6 Å². The van der Waals surface area contributed by atoms with E-state index in [1.165, 1.54) is 26.5 Å². The Morgan fingerprint density at radius 1 is 1.21 bits per heavy atom. The lowest BCUT2D eigenvalue weighted by atomic mass is 9.89. The Hall–Kier alpha value is -0.463. The number of fused-ring (bicyclic) bond motifs is 1. The topological polar surface area (TPSA) is 68.7 Å². The summed E-state index contributed by atoms with van der Waals surface area (Å²) in [6, 6.07) is 7.95. The zero-order valence-electron chi connectivity index (χ0n) is 23.3. The molecule has 13 heteroatoms. The zero-order chi connectivity index (χ0) is 29.3. The second kappa shape index (κ2) is 12.8. The molecule has 3 atom stereocenters. The molecule has 39 heavy (non-hydrogen) atoms. The Bertz CT molecular complexity index is 1210. The molecular weight excluding hydrogens is 635 g/mol. The van der Waals surface area contributed by atoms with Gasteiger partial charge in [-0.2, -0.15) is 0 Å². The first-order valence-electron chi connectivity index (χ1n) is 12.6. The molecule has 0 bridgehead atoms. The Labute approximate surface area is 259 Å². The molecule has 6 nitrogen and oxygen atoms in total. The van der Waals surface area contributed by atoms with Crippen LogP contribution < -0.4 is 0 Å². The van der Waals surface area contributed by atoms with E-state index in [1.54, 1.807) is 25.2 Å². The molecule has 1 fully saturated rings. The van der Waals surface area contributed by atoms with Gasteiger partial charge in [-0.25, -0.2) is 9.78 Å². The van der Waals surface area contributed by atoms with E-state index in [0.717, 1.165) is 14.6 Å². The highest BCUT2D eigenvalue weighted by atomic mass is 35.6. The van der Waals surface area contributed by atoms with Crippen molar-refractivity contribution in [1.29, 1.82) is 0 Å². The van der Waals surface area contributed by atoms with Crippen molar-refractivity contribution in [1.82, 2.24) is 9.88 Å². The second-order valence-corrected chi connectivity index (χ2v) is 22.0. The summed E-state index contributed by atoms with van der Waals surface area (Å²) in [6.07, 6.45) is 0.375. The van der Waals surface area contributed by atoms with Gasteiger partial charge in [0.2, 0.25) is 9.70 Å². The molecule has 216 valence electrons. The number of thiazole rings is 1. The van der Waals surface area contributed by atoms with Crippen molar-refractivity contribution in [3.8, 4) is 0 Å². The number of allylic oxidation sites excluding steroid dienone is 1. The maximum Gasteiger partial charge on any atom is 0.355 e. The van der Waals surface area contributed by atoms with Gasteiger partial charge in [-0.05, 0) is 66.9 Å². The van der Waals surface area contributed by atoms with Gasteiger partial charge in [-0.3, -0.25) is 9.69 Å². The molecule has 0 saturated carbocycles. The minimum atomic E-state index is -2.17. The van der Waals surface area contributed by atoms with Crippen molar-refractivity contribution >= 4 is 98.1 Å². The number of ether oxygens (including phenoxy) is 1. The van der Waals surface area contributed by atoms with E-state index in [1.807, 2.05) is 31.2 Å². The third kappa shape index (κ3) is 7.88. The molecule has 3 rings (SSSR count). The number of para-hydroxylation sites is 1. The molecular formula is C26H35Cl3N2O4S3Si. The normalized spacial score (nSPS) is 19.2. The average Bonchev–Trinajstić information content (AvgIpc) is 3.23. The maximum atomic E-state index is 13.8. The molecule has 2 aromatic rings. The number of benzene rings is 1. The molecule has 0 aliphatic carbocycles. The van der Waals surface area contributed by atoms with Crippen LogP contribution >= 0.6 is 67.7 Å². The summed E-state index contributed by atoms with van der Waals surface area (Å²) in [5, 5.41) is -0.397. The highest BCUT2D eigenvalue weighted by Crippen LogP contribution is 2.51. The van der Waals surface area contributed by atoms with Crippen molar-refractivity contribution in [2.45, 2.75) is 85.7 Å². The maximum absolute atomic E-state index is 13.8. The van der Waals surface area contributed by atoms with Crippen molar-refractivity contribution < 1.29 is 18.8 Å². The minimum absolute atomic E-state index is 0.0165. The highest BCUT2D eigenvalue weighted by Gasteiger charge is 2.56. The Balaban J connectivity index is 1.93. The van der Waals surface area contributed by atoms with E-state index in [9.17, 15) is 9.59 Å². The number of esters is 1. The van der Waals surface area contributed by atoms with Gasteiger partial charge in [0.15, 0.2) is 12.7 Å². The molecule has 1 saturated heterocycles. The first kappa shape index (κ1) is 33.0. The molecule has 1 aliphatic heterocycles. The molecule has 1 unspecified atom stereocenters. The number of hydrogen-bond acceptors (Lipinski definition) is 8. The van der Waals surface area contributed by atoms with Crippen LogP contribution in [-0.2, 0) is 18.8 Å². The van der Waals surface area contributed by atoms with Crippen LogP contribution in [0.4, 0.5) is 0 Å². The molecule has 1 aromatic heterocycles. The summed E-state index contributed by atoms with van der Waals surface area (Å²) in [4.78, 5) is 33.2. The molecule has 0 N–H and O–H groups in total. The number of nitrogens with zero attached hydrogens (tertiary/aromatic N) is 2. The van der Waals surface area contributed by atoms with Gasteiger partial charge in [-0.15, -0.1) is 11.3 Å². The summed E-state index contributed by atoms with van der Waals surface area (Å²) in [5.41, 5.74) is 1.72. The molecule has 0 radical (unpaired) electrons. The van der Waals surface area contributed by atoms with Crippen LogP contribution in [0.3, 0.4) is 0 Å². The van der Waals surface area contributed by atoms with Gasteiger partial charge >= 0.3 is 5.97 Å². The number of β-lactam (4-membered cyclic amide) rings is 1. The summed E-state index contributed by atoms with van der Waals surface area (Å²) in [5.74, 6) is -1.32. The van der Waals surface area contributed by atoms with Crippen LogP contribution in [0.25, 0.3) is 10.2 Å². The fourth-order valence-electron chi connectivity index (χ4n) is 3.87. The predicted molar refractivity (Wildman–Crippen MR) is 169 cm³/mol. The Kier molecular flexibility index (Phi) is 10.9. The summed E-state index contributed by atoms with van der Waals surface area (Å²) >= 11 is 19.0. The van der Waals surface area contributed by atoms with E-state index in [4.69, 9.17) is 48.9 Å². The minimum Gasteiger partial charge on any atom is -0.456 e. The Morgan fingerprint density at radius 2 is 1.85 bits per heavy atom. The van der Waals surface area contributed by atoms with E-state index in [-0.39, 0.29) is 28.1 Å². The monoisotopic (exact) mass is 668 g/mol. The van der Waals surface area contributed by atoms with Gasteiger partial charge in [-0.1, -0.05) is 85.4 Å². The first-order valence-corrected chi connectivity index (χ1v) is 19.6. The quantitative estimate of drug-likeness (QED) is 0.0625. The van der Waals surface area contributed by atoms with Gasteiger partial charge in [0.25, 0.3) is 0 Å². The lowest BCUT2D eigenvalue weighted by Crippen LogP contribution is -2.65. The van der Waals surface area contributed by atoms with Crippen LogP contribution in [0.2, 0.25) is 18.1 Å². The molecule has 0 spiro atoms. The number of alkyl halides is 3. The van der Waals surface area contributed by atoms with Gasteiger partial charge < -0.3 is 9.16 Å². The molecule has 2 heterocycles. The van der Waals surface area contributed by atoms with Gasteiger partial charge in [0.1, 0.15) is 17.7 Å². The van der Waals surface area contributed by atoms with Crippen LogP contribution in [0, 0.1) is 5.92 Å². The lowest BCUT2D eigenvalue weighted by molar-refractivity contribution is -0.159. The average molecular weight is 670 g/mol. The van der Waals surface area contributed by atoms with Crippen LogP contribution in [0.5, 0.6) is 0 Å². The second-order valence-electron chi connectivity index (χ2n) is 11.1. The van der Waals surface area contributed by atoms with E-state index in [2.05, 4.69) is 33.9 Å². The van der Waals surface area contributed by atoms with Crippen molar-refractivity contribution in [3.63, 3.8) is 0 Å². The van der Waals surface area contributed by atoms with Crippen molar-refractivity contribution in [2.75, 3.05) is 6.61 Å². The van der Waals surface area contributed by atoms with Crippen LogP contribution in [0.15, 0.2) is 39.9 Å². The zero-order valence-corrected chi connectivity index (χ0v) is 29.1. The third-order valence-corrected chi connectivity index (χ3v) is 15.8. The first-order chi connectivity index (χ1) is 18.0. The number of halogens is 3. The van der Waals surface area contributed by atoms with Gasteiger partial charge in [0.05, 0.1) is 22.2 Å². The number of likely N-dealkylation sites (tertiary alicyclic amines) is 1. The number of hydrogen-bond donors (Lipinski definition) is 0. The Morgan fingerprint density at radius 3 is 2.38 bits per heavy atom. The summed E-state index contributed by atoms with van der Waals surface area (Å²) < 4.78 is 12.3. The number of carbonyl (C=O) groups excluding carboxylic acids is 2. The molecule has 1 aliphatic rings. The number of amides is 1. The van der Waals surface area contributed by atoms with Gasteiger partial charge in [0, 0.05) is 0 Å². The summed E-state index contributed by atoms with van der Waals surface area (Å²) in [7, 11) is 0.824. The van der Waals surface area contributed by atoms with E-state index in [0.29, 0.717) is 12.0 Å². The standard InChI is InChI=1S/C26H35Cl3N2O4S3Si/c1-9-17(35-39(7,8)25(4,5)6)19-21(32)31(20(15(2)3)23(33)34-14-26(27,28)29)22(19)37-38-24-30-16-12-10-11-13-18(16)36-24/h10-13,17,19,22H,9,14H2,1-8H3/t17?,19-,22-/m1/s1. The largest absolute Gasteiger partial charge is 0.456 e.